The molecule has 0 aliphatic rings. The van der Waals surface area contributed by atoms with Gasteiger partial charge >= 0.3 is 11.9 Å². The molecule has 0 aromatic carbocycles. The van der Waals surface area contributed by atoms with Crippen LogP contribution in [0.25, 0.3) is 0 Å². The van der Waals surface area contributed by atoms with E-state index in [1.165, 1.54) is 14.0 Å². The molecule has 2 atom stereocenters. The van der Waals surface area contributed by atoms with Crippen LogP contribution in [0.3, 0.4) is 0 Å². The molecule has 0 aromatic rings. The third kappa shape index (κ3) is 8.22. The number of esters is 1. The molecule has 0 saturated heterocycles. The summed E-state index contributed by atoms with van der Waals surface area (Å²) in [4.78, 5) is 45.4. The topological polar surface area (TPSA) is 97.7 Å². The average Bonchev–Trinajstić information content (AvgIpc) is 2.42. The fourth-order valence-corrected chi connectivity index (χ4v) is 2.14. The minimum atomic E-state index is -0.980. The number of methoxy groups -OCH3 is 1. The third-order valence-corrected chi connectivity index (χ3v) is 3.60. The second kappa shape index (κ2) is 10.1. The van der Waals surface area contributed by atoms with E-state index in [1.54, 1.807) is 0 Å². The van der Waals surface area contributed by atoms with Gasteiger partial charge in [-0.15, -0.1) is 0 Å². The van der Waals surface area contributed by atoms with Crippen LogP contribution in [0.4, 0.5) is 0 Å². The number of carbonyl (C=O) groups is 4. The summed E-state index contributed by atoms with van der Waals surface area (Å²) in [5.41, 5.74) is 0. The van der Waals surface area contributed by atoms with Crippen molar-refractivity contribution in [1.29, 1.82) is 0 Å². The molecule has 0 unspecified atom stereocenters. The Labute approximate surface area is 124 Å². The molecule has 0 heterocycles. The predicted molar refractivity (Wildman–Crippen MR) is 75.7 cm³/mol. The van der Waals surface area contributed by atoms with Crippen molar-refractivity contribution in [2.24, 2.45) is 11.8 Å². The summed E-state index contributed by atoms with van der Waals surface area (Å²) in [6.07, 6.45) is 1.23. The minimum absolute atomic E-state index is 0.0439. The Morgan fingerprint density at radius 2 is 1.62 bits per heavy atom. The zero-order chi connectivity index (χ0) is 16.4. The first-order valence-electron chi connectivity index (χ1n) is 7.13. The number of carbonyl (C=O) groups excluding carboxylic acids is 3. The van der Waals surface area contributed by atoms with E-state index >= 15 is 0 Å². The smallest absolute Gasteiger partial charge is 0.305 e. The molecule has 0 bridgehead atoms. The summed E-state index contributed by atoms with van der Waals surface area (Å²) in [6, 6.07) is 0. The van der Waals surface area contributed by atoms with Gasteiger partial charge in [-0.05, 0) is 26.2 Å². The molecule has 0 amide bonds. The molecule has 0 spiro atoms. The summed E-state index contributed by atoms with van der Waals surface area (Å²) in [5.74, 6) is -2.46. The lowest BCUT2D eigenvalue weighted by atomic mass is 9.86. The van der Waals surface area contributed by atoms with Crippen LogP contribution in [-0.2, 0) is 23.9 Å². The second-order valence-electron chi connectivity index (χ2n) is 5.13. The number of hydrogen-bond acceptors (Lipinski definition) is 5. The van der Waals surface area contributed by atoms with Crippen LogP contribution < -0.4 is 0 Å². The average molecular weight is 300 g/mol. The van der Waals surface area contributed by atoms with Crippen molar-refractivity contribution >= 4 is 23.5 Å². The molecule has 6 heteroatoms. The van der Waals surface area contributed by atoms with Crippen molar-refractivity contribution < 1.29 is 29.0 Å². The SMILES string of the molecule is CC[C@@H](CCC(=O)OC)C(=O)C[C@@H](CCC(=O)O)C(C)=O. The van der Waals surface area contributed by atoms with Crippen molar-refractivity contribution in [3.8, 4) is 0 Å². The lowest BCUT2D eigenvalue weighted by Crippen LogP contribution is -2.23. The number of carboxylic acids is 1. The van der Waals surface area contributed by atoms with E-state index in [4.69, 9.17) is 5.11 Å². The number of ketones is 2. The first-order valence-corrected chi connectivity index (χ1v) is 7.13. The van der Waals surface area contributed by atoms with Crippen molar-refractivity contribution in [1.82, 2.24) is 0 Å². The van der Waals surface area contributed by atoms with Crippen molar-refractivity contribution in [2.45, 2.75) is 52.4 Å². The Kier molecular flexibility index (Phi) is 9.25. The Bertz CT molecular complexity index is 388. The predicted octanol–water partition coefficient (Wildman–Crippen LogP) is 2.00. The fourth-order valence-electron chi connectivity index (χ4n) is 2.14. The first-order chi connectivity index (χ1) is 9.81. The molecule has 120 valence electrons. The van der Waals surface area contributed by atoms with Crippen molar-refractivity contribution in [3.63, 3.8) is 0 Å². The van der Waals surface area contributed by atoms with Crippen LogP contribution in [0, 0.1) is 11.8 Å². The number of rotatable bonds is 11. The van der Waals surface area contributed by atoms with E-state index in [0.29, 0.717) is 12.8 Å². The number of ether oxygens (including phenoxy) is 1. The Balaban J connectivity index is 4.51. The van der Waals surface area contributed by atoms with Gasteiger partial charge in [0.1, 0.15) is 11.6 Å². The van der Waals surface area contributed by atoms with Gasteiger partial charge in [0.15, 0.2) is 0 Å². The van der Waals surface area contributed by atoms with Gasteiger partial charge in [0, 0.05) is 31.1 Å². The summed E-state index contributed by atoms with van der Waals surface area (Å²) < 4.78 is 4.54. The lowest BCUT2D eigenvalue weighted by molar-refractivity contribution is -0.141. The number of carboxylic acid groups (broad SMARTS) is 1. The van der Waals surface area contributed by atoms with Crippen LogP contribution in [0.5, 0.6) is 0 Å². The quantitative estimate of drug-likeness (QED) is 0.586. The molecular weight excluding hydrogens is 276 g/mol. The molecule has 0 aliphatic heterocycles. The standard InChI is InChI=1S/C15H24O6/c1-4-11(6-8-15(20)21-3)13(17)9-12(10(2)16)5-7-14(18)19/h11-12H,4-9H2,1-3H3,(H,18,19)/t11-,12+/m0/s1. The maximum atomic E-state index is 12.2. The zero-order valence-electron chi connectivity index (χ0n) is 12.9. The van der Waals surface area contributed by atoms with Gasteiger partial charge in [0.2, 0.25) is 0 Å². The van der Waals surface area contributed by atoms with Gasteiger partial charge in [0.25, 0.3) is 0 Å². The van der Waals surface area contributed by atoms with Gasteiger partial charge < -0.3 is 9.84 Å². The molecule has 0 rings (SSSR count). The van der Waals surface area contributed by atoms with E-state index < -0.39 is 11.9 Å². The highest BCUT2D eigenvalue weighted by Crippen LogP contribution is 2.21. The van der Waals surface area contributed by atoms with E-state index in [0.717, 1.165) is 0 Å². The van der Waals surface area contributed by atoms with E-state index in [2.05, 4.69) is 4.74 Å². The van der Waals surface area contributed by atoms with Crippen LogP contribution in [0.15, 0.2) is 0 Å². The normalized spacial score (nSPS) is 13.3. The molecule has 21 heavy (non-hydrogen) atoms. The van der Waals surface area contributed by atoms with Crippen LogP contribution in [0.2, 0.25) is 0 Å². The highest BCUT2D eigenvalue weighted by molar-refractivity contribution is 5.88. The summed E-state index contributed by atoms with van der Waals surface area (Å²) >= 11 is 0. The summed E-state index contributed by atoms with van der Waals surface area (Å²) in [5, 5.41) is 8.66. The molecule has 0 radical (unpaired) electrons. The molecule has 0 aliphatic carbocycles. The van der Waals surface area contributed by atoms with Crippen molar-refractivity contribution in [2.75, 3.05) is 7.11 Å². The van der Waals surface area contributed by atoms with Crippen LogP contribution in [0.1, 0.15) is 52.4 Å². The lowest BCUT2D eigenvalue weighted by Gasteiger charge is -2.17. The van der Waals surface area contributed by atoms with Gasteiger partial charge in [-0.1, -0.05) is 6.92 Å². The van der Waals surface area contributed by atoms with Gasteiger partial charge in [-0.25, -0.2) is 0 Å². The van der Waals surface area contributed by atoms with Crippen LogP contribution in [-0.4, -0.2) is 35.7 Å². The molecule has 6 nitrogen and oxygen atoms in total. The maximum Gasteiger partial charge on any atom is 0.305 e. The van der Waals surface area contributed by atoms with E-state index in [1.807, 2.05) is 6.92 Å². The highest BCUT2D eigenvalue weighted by atomic mass is 16.5. The maximum absolute atomic E-state index is 12.2. The Hall–Kier alpha value is -1.72. The number of hydrogen-bond donors (Lipinski definition) is 1. The molecule has 0 aromatic heterocycles. The van der Waals surface area contributed by atoms with Gasteiger partial charge in [0.05, 0.1) is 7.11 Å². The molecule has 1 N–H and O–H groups in total. The van der Waals surface area contributed by atoms with Gasteiger partial charge in [-0.3, -0.25) is 19.2 Å². The molecular formula is C15H24O6. The van der Waals surface area contributed by atoms with E-state index in [-0.39, 0.29) is 49.1 Å². The highest BCUT2D eigenvalue weighted by Gasteiger charge is 2.24. The van der Waals surface area contributed by atoms with Crippen LogP contribution >= 0.6 is 0 Å². The third-order valence-electron chi connectivity index (χ3n) is 3.60. The summed E-state index contributed by atoms with van der Waals surface area (Å²) in [7, 11) is 1.29. The Morgan fingerprint density at radius 3 is 2.05 bits per heavy atom. The van der Waals surface area contributed by atoms with Crippen molar-refractivity contribution in [3.05, 3.63) is 0 Å². The zero-order valence-corrected chi connectivity index (χ0v) is 12.9. The number of aliphatic carboxylic acids is 1. The molecule has 0 saturated carbocycles. The first kappa shape index (κ1) is 19.3. The van der Waals surface area contributed by atoms with E-state index in [9.17, 15) is 19.2 Å². The monoisotopic (exact) mass is 300 g/mol. The minimum Gasteiger partial charge on any atom is -0.481 e. The summed E-state index contributed by atoms with van der Waals surface area (Å²) in [6.45, 7) is 3.22. The molecule has 0 fully saturated rings. The van der Waals surface area contributed by atoms with Gasteiger partial charge in [-0.2, -0.15) is 0 Å². The largest absolute Gasteiger partial charge is 0.481 e. The second-order valence-corrected chi connectivity index (χ2v) is 5.13. The fraction of sp³-hybridized carbons (Fsp3) is 0.733. The number of Topliss-reactive ketones (excluding diaryl/α,β-unsaturated/α-hetero) is 2. The Morgan fingerprint density at radius 1 is 1.05 bits per heavy atom.